The van der Waals surface area contributed by atoms with Gasteiger partial charge < -0.3 is 9.73 Å². The van der Waals surface area contributed by atoms with Crippen molar-refractivity contribution in [1.82, 2.24) is 5.43 Å². The molecule has 1 heterocycles. The summed E-state index contributed by atoms with van der Waals surface area (Å²) in [5, 5.41) is 7.30. The fraction of sp³-hybridized carbons (Fsp3) is 0.240. The van der Waals surface area contributed by atoms with Crippen molar-refractivity contribution in [3.8, 4) is 0 Å². The molecule has 0 aliphatic heterocycles. The van der Waals surface area contributed by atoms with Gasteiger partial charge in [-0.3, -0.25) is 9.59 Å². The first-order valence-corrected chi connectivity index (χ1v) is 11.3. The molecule has 0 saturated heterocycles. The summed E-state index contributed by atoms with van der Waals surface area (Å²) < 4.78 is 6.85. The lowest BCUT2D eigenvalue weighted by Gasteiger charge is -2.13. The zero-order chi connectivity index (χ0) is 22.8. The molecule has 1 aliphatic rings. The number of hydrogen-bond acceptors (Lipinski definition) is 4. The van der Waals surface area contributed by atoms with Gasteiger partial charge in [0.15, 0.2) is 5.76 Å². The third-order valence-corrected chi connectivity index (χ3v) is 6.22. The number of benzene rings is 2. The van der Waals surface area contributed by atoms with E-state index in [1.165, 1.54) is 5.56 Å². The summed E-state index contributed by atoms with van der Waals surface area (Å²) in [6.45, 7) is 5.89. The summed E-state index contributed by atoms with van der Waals surface area (Å²) in [6.07, 6.45) is 2.27. The molecule has 3 aromatic rings. The average Bonchev–Trinajstić information content (AvgIpc) is 3.12. The number of nitrogens with zero attached hydrogens (tertiary/aromatic N) is 1. The molecule has 1 aliphatic carbocycles. The minimum atomic E-state index is -0.293. The van der Waals surface area contributed by atoms with Gasteiger partial charge >= 0.3 is 0 Å². The van der Waals surface area contributed by atoms with E-state index in [0.717, 1.165) is 51.2 Å². The Balaban J connectivity index is 1.56. The maximum Gasteiger partial charge on any atom is 0.291 e. The fourth-order valence-electron chi connectivity index (χ4n) is 3.79. The molecular formula is C25H24BrN3O3. The van der Waals surface area contributed by atoms with E-state index < -0.39 is 0 Å². The molecule has 2 aromatic carbocycles. The Morgan fingerprint density at radius 2 is 1.72 bits per heavy atom. The van der Waals surface area contributed by atoms with Crippen LogP contribution in [0.3, 0.4) is 0 Å². The second-order valence-electron chi connectivity index (χ2n) is 7.97. The molecule has 2 N–H and O–H groups in total. The smallest absolute Gasteiger partial charge is 0.291 e. The van der Waals surface area contributed by atoms with Gasteiger partial charge in [-0.25, -0.2) is 5.43 Å². The molecule has 0 fully saturated rings. The van der Waals surface area contributed by atoms with E-state index in [4.69, 9.17) is 4.42 Å². The quantitative estimate of drug-likeness (QED) is 0.457. The molecule has 6 nitrogen and oxygen atoms in total. The van der Waals surface area contributed by atoms with Gasteiger partial charge in [-0.05, 0) is 81.1 Å². The SMILES string of the molecule is Cc1ccc(NC(=O)c2oc3c(c2C)/C(=N/NC(=O)c2ccc(Br)cc2)CCC3)cc1C. The van der Waals surface area contributed by atoms with Crippen molar-refractivity contribution >= 4 is 39.1 Å². The van der Waals surface area contributed by atoms with Crippen LogP contribution in [-0.2, 0) is 6.42 Å². The molecule has 0 atom stereocenters. The van der Waals surface area contributed by atoms with Gasteiger partial charge in [0.05, 0.1) is 5.71 Å². The van der Waals surface area contributed by atoms with Gasteiger partial charge in [0.1, 0.15) is 5.76 Å². The van der Waals surface area contributed by atoms with Crippen LogP contribution in [0.5, 0.6) is 0 Å². The number of halogens is 1. The van der Waals surface area contributed by atoms with E-state index in [0.29, 0.717) is 12.0 Å². The van der Waals surface area contributed by atoms with Crippen molar-refractivity contribution < 1.29 is 14.0 Å². The van der Waals surface area contributed by atoms with Crippen molar-refractivity contribution in [3.63, 3.8) is 0 Å². The largest absolute Gasteiger partial charge is 0.455 e. The second-order valence-corrected chi connectivity index (χ2v) is 8.88. The van der Waals surface area contributed by atoms with E-state index in [2.05, 4.69) is 31.8 Å². The standard InChI is InChI=1S/C25H24BrN3O3/c1-14-7-12-19(13-15(14)2)27-25(31)23-16(3)22-20(5-4-6-21(22)32-23)28-29-24(30)17-8-10-18(26)11-9-17/h7-13H,4-6H2,1-3H3,(H,27,31)(H,29,30)/b28-20+. The number of rotatable bonds is 4. The molecule has 0 saturated carbocycles. The third kappa shape index (κ3) is 4.53. The van der Waals surface area contributed by atoms with Gasteiger partial charge in [-0.2, -0.15) is 5.10 Å². The lowest BCUT2D eigenvalue weighted by molar-refractivity contribution is 0.0953. The Morgan fingerprint density at radius 1 is 0.969 bits per heavy atom. The van der Waals surface area contributed by atoms with Crippen molar-refractivity contribution in [1.29, 1.82) is 0 Å². The highest BCUT2D eigenvalue weighted by atomic mass is 79.9. The summed E-state index contributed by atoms with van der Waals surface area (Å²) >= 11 is 3.36. The first kappa shape index (κ1) is 22.0. The highest BCUT2D eigenvalue weighted by Crippen LogP contribution is 2.30. The van der Waals surface area contributed by atoms with E-state index in [1.54, 1.807) is 24.3 Å². The van der Waals surface area contributed by atoms with Crippen molar-refractivity contribution in [2.75, 3.05) is 5.32 Å². The summed E-state index contributed by atoms with van der Waals surface area (Å²) in [5.74, 6) is 0.432. The molecular weight excluding hydrogens is 470 g/mol. The molecule has 4 rings (SSSR count). The number of carbonyl (C=O) groups is 2. The number of fused-ring (bicyclic) bond motifs is 1. The summed E-state index contributed by atoms with van der Waals surface area (Å²) in [4.78, 5) is 25.4. The Bertz CT molecular complexity index is 1230. The van der Waals surface area contributed by atoms with Gasteiger partial charge in [-0.15, -0.1) is 0 Å². The van der Waals surface area contributed by atoms with Gasteiger partial charge in [-0.1, -0.05) is 22.0 Å². The summed E-state index contributed by atoms with van der Waals surface area (Å²) in [7, 11) is 0. The van der Waals surface area contributed by atoms with Crippen LogP contribution in [0.1, 0.15) is 61.8 Å². The van der Waals surface area contributed by atoms with Crippen LogP contribution in [0, 0.1) is 20.8 Å². The molecule has 0 radical (unpaired) electrons. The highest BCUT2D eigenvalue weighted by molar-refractivity contribution is 9.10. The predicted molar refractivity (Wildman–Crippen MR) is 128 cm³/mol. The van der Waals surface area contributed by atoms with Crippen molar-refractivity contribution in [3.05, 3.63) is 86.3 Å². The number of amides is 2. The van der Waals surface area contributed by atoms with Crippen LogP contribution in [0.15, 0.2) is 56.5 Å². The molecule has 0 spiro atoms. The summed E-state index contributed by atoms with van der Waals surface area (Å²) in [5.41, 5.74) is 8.43. The zero-order valence-corrected chi connectivity index (χ0v) is 19.8. The van der Waals surface area contributed by atoms with Crippen LogP contribution in [-0.4, -0.2) is 17.5 Å². The van der Waals surface area contributed by atoms with Crippen molar-refractivity contribution in [2.45, 2.75) is 40.0 Å². The van der Waals surface area contributed by atoms with Crippen LogP contribution >= 0.6 is 15.9 Å². The van der Waals surface area contributed by atoms with Crippen LogP contribution < -0.4 is 10.7 Å². The fourth-order valence-corrected chi connectivity index (χ4v) is 4.05. The van der Waals surface area contributed by atoms with Gasteiger partial charge in [0.2, 0.25) is 0 Å². The lowest BCUT2D eigenvalue weighted by Crippen LogP contribution is -2.22. The van der Waals surface area contributed by atoms with Crippen LogP contribution in [0.4, 0.5) is 5.69 Å². The predicted octanol–water partition coefficient (Wildman–Crippen LogP) is 5.69. The minimum absolute atomic E-state index is 0.280. The van der Waals surface area contributed by atoms with Gasteiger partial charge in [0.25, 0.3) is 11.8 Å². The van der Waals surface area contributed by atoms with E-state index >= 15 is 0 Å². The van der Waals surface area contributed by atoms with Crippen LogP contribution in [0.2, 0.25) is 0 Å². The van der Waals surface area contributed by atoms with E-state index in [1.807, 2.05) is 39.0 Å². The minimum Gasteiger partial charge on any atom is -0.455 e. The second kappa shape index (κ2) is 9.12. The number of furan rings is 1. The molecule has 1 aromatic heterocycles. The van der Waals surface area contributed by atoms with Crippen molar-refractivity contribution in [2.24, 2.45) is 5.10 Å². The first-order valence-electron chi connectivity index (χ1n) is 10.5. The number of carbonyl (C=O) groups excluding carboxylic acids is 2. The van der Waals surface area contributed by atoms with E-state index in [-0.39, 0.29) is 17.6 Å². The Kier molecular flexibility index (Phi) is 6.28. The van der Waals surface area contributed by atoms with Crippen LogP contribution in [0.25, 0.3) is 0 Å². The first-order chi connectivity index (χ1) is 15.3. The Labute approximate surface area is 195 Å². The number of nitrogens with one attached hydrogen (secondary N) is 2. The van der Waals surface area contributed by atoms with E-state index in [9.17, 15) is 9.59 Å². The Morgan fingerprint density at radius 3 is 2.44 bits per heavy atom. The number of aryl methyl sites for hydroxylation is 3. The molecule has 0 unspecified atom stereocenters. The number of hydrogen-bond donors (Lipinski definition) is 2. The Hall–Kier alpha value is -3.19. The number of anilines is 1. The maximum absolute atomic E-state index is 12.9. The highest BCUT2D eigenvalue weighted by Gasteiger charge is 2.28. The third-order valence-electron chi connectivity index (χ3n) is 5.70. The summed E-state index contributed by atoms with van der Waals surface area (Å²) in [6, 6.07) is 12.9. The molecule has 2 amide bonds. The zero-order valence-electron chi connectivity index (χ0n) is 18.2. The number of hydrazone groups is 1. The topological polar surface area (TPSA) is 83.7 Å². The molecule has 0 bridgehead atoms. The average molecular weight is 494 g/mol. The lowest BCUT2D eigenvalue weighted by atomic mass is 9.93. The normalized spacial score (nSPS) is 14.2. The monoisotopic (exact) mass is 493 g/mol. The van der Waals surface area contributed by atoms with Gasteiger partial charge in [0, 0.05) is 33.3 Å². The molecule has 32 heavy (non-hydrogen) atoms. The molecule has 7 heteroatoms. The maximum atomic E-state index is 12.9. The molecule has 164 valence electrons.